The molecule has 0 fully saturated rings. The lowest BCUT2D eigenvalue weighted by atomic mass is 10.1. The lowest BCUT2D eigenvalue weighted by molar-refractivity contribution is 0.648. The Morgan fingerprint density at radius 3 is 2.56 bits per heavy atom. The van der Waals surface area contributed by atoms with Crippen molar-refractivity contribution in [3.63, 3.8) is 0 Å². The number of hydrogen-bond acceptors (Lipinski definition) is 4. The summed E-state index contributed by atoms with van der Waals surface area (Å²) in [6.45, 7) is 0. The van der Waals surface area contributed by atoms with Crippen LogP contribution >= 0.6 is 0 Å². The Balaban J connectivity index is 2.11. The van der Waals surface area contributed by atoms with Crippen molar-refractivity contribution in [2.75, 3.05) is 5.73 Å². The van der Waals surface area contributed by atoms with Crippen molar-refractivity contribution in [2.24, 2.45) is 12.8 Å². The highest BCUT2D eigenvalue weighted by atomic mass is 15.4. The Labute approximate surface area is 94.1 Å². The number of rotatable bonds is 3. The number of nitrogen functional groups attached to an aromatic ring is 1. The third kappa shape index (κ3) is 2.20. The fraction of sp³-hybridized carbons (Fsp3) is 0.273. The van der Waals surface area contributed by atoms with Crippen molar-refractivity contribution >= 4 is 5.95 Å². The Kier molecular flexibility index (Phi) is 2.87. The monoisotopic (exact) mass is 217 g/mol. The lowest BCUT2D eigenvalue weighted by Crippen LogP contribution is -2.15. The first-order chi connectivity index (χ1) is 7.66. The first-order valence-electron chi connectivity index (χ1n) is 5.12. The van der Waals surface area contributed by atoms with E-state index in [1.54, 1.807) is 7.05 Å². The Morgan fingerprint density at radius 1 is 1.31 bits per heavy atom. The summed E-state index contributed by atoms with van der Waals surface area (Å²) in [5.74, 6) is 0.974. The molecule has 16 heavy (non-hydrogen) atoms. The predicted octanol–water partition coefficient (Wildman–Crippen LogP) is 0.640. The third-order valence-electron chi connectivity index (χ3n) is 2.44. The molecule has 0 bridgehead atoms. The van der Waals surface area contributed by atoms with E-state index < -0.39 is 0 Å². The molecule has 2 rings (SSSR count). The minimum Gasteiger partial charge on any atom is -0.368 e. The van der Waals surface area contributed by atoms with Gasteiger partial charge in [0.2, 0.25) is 5.95 Å². The minimum atomic E-state index is -0.217. The molecule has 1 heterocycles. The summed E-state index contributed by atoms with van der Waals surface area (Å²) in [6, 6.07) is 9.81. The summed E-state index contributed by atoms with van der Waals surface area (Å²) in [5, 5.41) is 4.16. The van der Waals surface area contributed by atoms with Crippen LogP contribution in [0.5, 0.6) is 0 Å². The summed E-state index contributed by atoms with van der Waals surface area (Å²) in [6.07, 6.45) is 0.713. The lowest BCUT2D eigenvalue weighted by Gasteiger charge is -2.06. The highest BCUT2D eigenvalue weighted by Gasteiger charge is 2.13. The summed E-state index contributed by atoms with van der Waals surface area (Å²) >= 11 is 0. The maximum absolute atomic E-state index is 6.02. The maximum Gasteiger partial charge on any atom is 0.218 e. The molecular weight excluding hydrogens is 202 g/mol. The van der Waals surface area contributed by atoms with Gasteiger partial charge in [-0.15, -0.1) is 0 Å². The van der Waals surface area contributed by atoms with Crippen LogP contribution in [-0.2, 0) is 13.5 Å². The Bertz CT molecular complexity index is 443. The molecule has 1 atom stereocenters. The molecule has 2 aromatic rings. The van der Waals surface area contributed by atoms with Crippen LogP contribution in [0, 0.1) is 0 Å². The Morgan fingerprint density at radius 2 is 2.00 bits per heavy atom. The van der Waals surface area contributed by atoms with Crippen LogP contribution in [0.25, 0.3) is 0 Å². The van der Waals surface area contributed by atoms with Gasteiger partial charge in [0.25, 0.3) is 0 Å². The number of anilines is 1. The molecule has 1 aromatic heterocycles. The molecule has 0 saturated heterocycles. The third-order valence-corrected chi connectivity index (χ3v) is 2.44. The number of nitrogens with zero attached hydrogens (tertiary/aromatic N) is 3. The standard InChI is InChI=1S/C11H15N5/c1-16-11(13)14-10(15-16)9(12)7-8-5-3-2-4-6-8/h2-6,9H,7,12H2,1H3,(H2,13,14,15)/t9-/m1/s1. The quantitative estimate of drug-likeness (QED) is 0.790. The average Bonchev–Trinajstić information content (AvgIpc) is 2.61. The molecule has 0 saturated carbocycles. The van der Waals surface area contributed by atoms with Crippen molar-refractivity contribution in [1.29, 1.82) is 0 Å². The van der Waals surface area contributed by atoms with Gasteiger partial charge in [0.15, 0.2) is 5.82 Å². The van der Waals surface area contributed by atoms with Crippen LogP contribution in [0.2, 0.25) is 0 Å². The molecule has 0 aliphatic carbocycles. The second-order valence-corrected chi connectivity index (χ2v) is 3.75. The van der Waals surface area contributed by atoms with E-state index in [1.165, 1.54) is 10.2 Å². The minimum absolute atomic E-state index is 0.217. The van der Waals surface area contributed by atoms with E-state index >= 15 is 0 Å². The van der Waals surface area contributed by atoms with Gasteiger partial charge in [-0.2, -0.15) is 10.1 Å². The predicted molar refractivity (Wildman–Crippen MR) is 62.5 cm³/mol. The van der Waals surface area contributed by atoms with E-state index in [0.29, 0.717) is 18.2 Å². The van der Waals surface area contributed by atoms with Crippen molar-refractivity contribution < 1.29 is 0 Å². The molecule has 4 N–H and O–H groups in total. The normalized spacial score (nSPS) is 12.6. The van der Waals surface area contributed by atoms with E-state index in [-0.39, 0.29) is 6.04 Å². The number of aryl methyl sites for hydroxylation is 1. The molecule has 5 heteroatoms. The number of nitrogens with two attached hydrogens (primary N) is 2. The van der Waals surface area contributed by atoms with Gasteiger partial charge in [0.05, 0.1) is 6.04 Å². The van der Waals surface area contributed by atoms with E-state index in [2.05, 4.69) is 10.1 Å². The fourth-order valence-electron chi connectivity index (χ4n) is 1.53. The smallest absolute Gasteiger partial charge is 0.218 e. The van der Waals surface area contributed by atoms with Crippen LogP contribution in [0.4, 0.5) is 5.95 Å². The largest absolute Gasteiger partial charge is 0.368 e. The van der Waals surface area contributed by atoms with Crippen molar-refractivity contribution in [3.05, 3.63) is 41.7 Å². The summed E-state index contributed by atoms with van der Waals surface area (Å²) in [7, 11) is 1.75. The van der Waals surface area contributed by atoms with Gasteiger partial charge < -0.3 is 11.5 Å². The van der Waals surface area contributed by atoms with Crippen LogP contribution in [0.15, 0.2) is 30.3 Å². The van der Waals surface area contributed by atoms with E-state index in [0.717, 1.165) is 0 Å². The SMILES string of the molecule is Cn1nc([C@H](N)Cc2ccccc2)nc1N. The van der Waals surface area contributed by atoms with E-state index in [4.69, 9.17) is 11.5 Å². The highest BCUT2D eigenvalue weighted by Crippen LogP contribution is 2.13. The zero-order valence-electron chi connectivity index (χ0n) is 9.17. The second-order valence-electron chi connectivity index (χ2n) is 3.75. The van der Waals surface area contributed by atoms with Gasteiger partial charge in [-0.05, 0) is 12.0 Å². The number of aromatic nitrogens is 3. The van der Waals surface area contributed by atoms with Crippen molar-refractivity contribution in [1.82, 2.24) is 14.8 Å². The van der Waals surface area contributed by atoms with Crippen molar-refractivity contribution in [3.8, 4) is 0 Å². The van der Waals surface area contributed by atoms with Crippen LogP contribution < -0.4 is 11.5 Å². The highest BCUT2D eigenvalue weighted by molar-refractivity contribution is 5.20. The second kappa shape index (κ2) is 4.32. The van der Waals surface area contributed by atoms with Gasteiger partial charge in [0, 0.05) is 7.05 Å². The van der Waals surface area contributed by atoms with Crippen molar-refractivity contribution in [2.45, 2.75) is 12.5 Å². The van der Waals surface area contributed by atoms with E-state index in [9.17, 15) is 0 Å². The molecule has 5 nitrogen and oxygen atoms in total. The fourth-order valence-corrected chi connectivity index (χ4v) is 1.53. The van der Waals surface area contributed by atoms with Crippen LogP contribution in [-0.4, -0.2) is 14.8 Å². The molecule has 0 radical (unpaired) electrons. The van der Waals surface area contributed by atoms with Gasteiger partial charge >= 0.3 is 0 Å². The zero-order chi connectivity index (χ0) is 11.5. The number of hydrogen-bond donors (Lipinski definition) is 2. The van der Waals surface area contributed by atoms with Crippen LogP contribution in [0.1, 0.15) is 17.4 Å². The van der Waals surface area contributed by atoms with Gasteiger partial charge in [-0.3, -0.25) is 0 Å². The zero-order valence-corrected chi connectivity index (χ0v) is 9.17. The Hall–Kier alpha value is -1.88. The molecule has 0 aliphatic heterocycles. The summed E-state index contributed by atoms with van der Waals surface area (Å²) in [4.78, 5) is 4.11. The molecule has 0 spiro atoms. The molecule has 0 aliphatic rings. The molecular formula is C11H15N5. The number of benzene rings is 1. The van der Waals surface area contributed by atoms with E-state index in [1.807, 2.05) is 30.3 Å². The van der Waals surface area contributed by atoms with Gasteiger partial charge in [-0.1, -0.05) is 30.3 Å². The molecule has 0 unspecified atom stereocenters. The summed E-state index contributed by atoms with van der Waals surface area (Å²) < 4.78 is 1.53. The first-order valence-corrected chi connectivity index (χ1v) is 5.12. The molecule has 84 valence electrons. The topological polar surface area (TPSA) is 82.8 Å². The van der Waals surface area contributed by atoms with Crippen LogP contribution in [0.3, 0.4) is 0 Å². The molecule has 0 amide bonds. The maximum atomic E-state index is 6.02. The molecule has 1 aromatic carbocycles. The summed E-state index contributed by atoms with van der Waals surface area (Å²) in [5.41, 5.74) is 12.8. The first kappa shape index (κ1) is 10.6. The van der Waals surface area contributed by atoms with Gasteiger partial charge in [0.1, 0.15) is 0 Å². The van der Waals surface area contributed by atoms with Gasteiger partial charge in [-0.25, -0.2) is 4.68 Å². The average molecular weight is 217 g/mol.